The van der Waals surface area contributed by atoms with Crippen molar-refractivity contribution in [3.63, 3.8) is 0 Å². The lowest BCUT2D eigenvalue weighted by molar-refractivity contribution is -0.172. The number of benzene rings is 2. The number of piperidine rings is 1. The van der Waals surface area contributed by atoms with Crippen molar-refractivity contribution >= 4 is 40.0 Å². The molecule has 1 N–H and O–H groups in total. The fourth-order valence-electron chi connectivity index (χ4n) is 6.44. The predicted molar refractivity (Wildman–Crippen MR) is 166 cm³/mol. The quantitative estimate of drug-likeness (QED) is 0.214. The highest BCUT2D eigenvalue weighted by Crippen LogP contribution is 2.60. The van der Waals surface area contributed by atoms with E-state index in [1.54, 1.807) is 12.3 Å². The minimum absolute atomic E-state index is 0.152. The lowest BCUT2D eigenvalue weighted by atomic mass is 9.62. The Morgan fingerprint density at radius 1 is 1.02 bits per heavy atom. The first-order valence-electron chi connectivity index (χ1n) is 14.8. The number of esters is 1. The van der Waals surface area contributed by atoms with Crippen molar-refractivity contribution in [1.29, 1.82) is 0 Å². The number of anilines is 1. The van der Waals surface area contributed by atoms with E-state index in [2.05, 4.69) is 5.32 Å². The second-order valence-corrected chi connectivity index (χ2v) is 12.8. The molecule has 1 aromatic heterocycles. The number of ether oxygens (including phenoxy) is 2. The van der Waals surface area contributed by atoms with Crippen molar-refractivity contribution in [1.82, 2.24) is 4.90 Å². The van der Waals surface area contributed by atoms with Crippen LogP contribution in [0.4, 0.5) is 5.00 Å². The summed E-state index contributed by atoms with van der Waals surface area (Å²) in [7, 11) is 0. The van der Waals surface area contributed by atoms with Gasteiger partial charge in [0.2, 0.25) is 17.7 Å². The number of hydrogen-bond donors (Lipinski definition) is 1. The summed E-state index contributed by atoms with van der Waals surface area (Å²) in [5.74, 6) is -1.38. The smallest absolute Gasteiger partial charge is 0.341 e. The van der Waals surface area contributed by atoms with Gasteiger partial charge in [-0.25, -0.2) is 4.79 Å². The van der Waals surface area contributed by atoms with Crippen LogP contribution in [-0.4, -0.2) is 47.8 Å². The van der Waals surface area contributed by atoms with Gasteiger partial charge in [-0.05, 0) is 55.4 Å². The molecule has 1 aliphatic heterocycles. The maximum Gasteiger partial charge on any atom is 0.341 e. The Morgan fingerprint density at radius 2 is 1.72 bits per heavy atom. The summed E-state index contributed by atoms with van der Waals surface area (Å²) in [5, 5.41) is 5.02. The summed E-state index contributed by atoms with van der Waals surface area (Å²) in [6, 6.07) is 15.6. The van der Waals surface area contributed by atoms with Crippen molar-refractivity contribution in [2.75, 3.05) is 18.5 Å². The van der Waals surface area contributed by atoms with Crippen LogP contribution in [-0.2, 0) is 25.5 Å². The maximum atomic E-state index is 14.2. The monoisotopic (exact) mass is 602 g/mol. The van der Waals surface area contributed by atoms with Crippen LogP contribution in [0.15, 0.2) is 60.0 Å². The van der Waals surface area contributed by atoms with Crippen LogP contribution < -0.4 is 10.1 Å². The van der Waals surface area contributed by atoms with Gasteiger partial charge in [0.25, 0.3) is 0 Å². The number of nitrogens with one attached hydrogen (secondary N) is 1. The van der Waals surface area contributed by atoms with E-state index in [9.17, 15) is 19.2 Å². The normalized spacial score (nSPS) is 21.4. The third-order valence-corrected chi connectivity index (χ3v) is 10.2. The van der Waals surface area contributed by atoms with Gasteiger partial charge in [0.1, 0.15) is 22.4 Å². The third-order valence-electron chi connectivity index (χ3n) is 9.32. The number of carbonyl (C=O) groups is 4. The van der Waals surface area contributed by atoms with Gasteiger partial charge < -0.3 is 14.8 Å². The number of nitrogens with zero attached hydrogens (tertiary/aromatic N) is 1. The highest BCUT2D eigenvalue weighted by molar-refractivity contribution is 7.15. The third kappa shape index (κ3) is 5.35. The first-order valence-corrected chi connectivity index (χ1v) is 15.7. The largest absolute Gasteiger partial charge is 0.494 e. The fourth-order valence-corrected chi connectivity index (χ4v) is 7.40. The van der Waals surface area contributed by atoms with E-state index in [0.29, 0.717) is 35.8 Å². The molecule has 8 nitrogen and oxygen atoms in total. The first-order chi connectivity index (χ1) is 20.5. The van der Waals surface area contributed by atoms with Gasteiger partial charge in [-0.3, -0.25) is 19.3 Å². The Bertz CT molecular complexity index is 1530. The van der Waals surface area contributed by atoms with Crippen molar-refractivity contribution in [2.24, 2.45) is 16.7 Å². The molecule has 2 bridgehead atoms. The minimum Gasteiger partial charge on any atom is -0.494 e. The molecule has 2 aliphatic rings. The lowest BCUT2D eigenvalue weighted by Crippen LogP contribution is -2.64. The molecule has 2 aromatic carbocycles. The maximum absolute atomic E-state index is 14.2. The van der Waals surface area contributed by atoms with Gasteiger partial charge in [0, 0.05) is 23.3 Å². The van der Waals surface area contributed by atoms with E-state index in [1.165, 1.54) is 16.2 Å². The Balaban J connectivity index is 1.52. The predicted octanol–water partition coefficient (Wildman–Crippen LogP) is 6.35. The fraction of sp³-hybridized carbons (Fsp3) is 0.412. The molecule has 3 amide bonds. The molecule has 9 heteroatoms. The Hall–Kier alpha value is -3.98. The molecule has 2 heterocycles. The average Bonchev–Trinajstić information content (AvgIpc) is 3.48. The molecule has 226 valence electrons. The summed E-state index contributed by atoms with van der Waals surface area (Å²) in [6.45, 7) is 10.2. The SMILES string of the molecule is CCOC(=O)c1c(-c2ccc(OCC)cc2)csc1NC(=O)C(Cc1ccccc1)N1C(=O)C2CCC(C)(C1=O)C2(C)C. The first kappa shape index (κ1) is 30.5. The highest BCUT2D eigenvalue weighted by atomic mass is 32.1. The van der Waals surface area contributed by atoms with Crippen LogP contribution in [0.25, 0.3) is 11.1 Å². The van der Waals surface area contributed by atoms with E-state index in [0.717, 1.165) is 11.1 Å². The van der Waals surface area contributed by atoms with E-state index in [-0.39, 0.29) is 36.3 Å². The van der Waals surface area contributed by atoms with Crippen LogP contribution in [0.5, 0.6) is 5.75 Å². The molecule has 0 radical (unpaired) electrons. The molecule has 2 fully saturated rings. The number of imide groups is 1. The van der Waals surface area contributed by atoms with Crippen molar-refractivity contribution < 1.29 is 28.7 Å². The average molecular weight is 603 g/mol. The van der Waals surface area contributed by atoms with Gasteiger partial charge in [-0.2, -0.15) is 0 Å². The second kappa shape index (κ2) is 12.0. The van der Waals surface area contributed by atoms with Crippen LogP contribution in [0.1, 0.15) is 63.4 Å². The molecule has 1 saturated heterocycles. The number of fused-ring (bicyclic) bond motifs is 2. The summed E-state index contributed by atoms with van der Waals surface area (Å²) in [6.07, 6.45) is 1.35. The number of thiophene rings is 1. The van der Waals surface area contributed by atoms with E-state index in [1.807, 2.05) is 82.3 Å². The van der Waals surface area contributed by atoms with Crippen LogP contribution in [0, 0.1) is 16.7 Å². The molecule has 5 rings (SSSR count). The van der Waals surface area contributed by atoms with Gasteiger partial charge in [-0.1, -0.05) is 63.2 Å². The van der Waals surface area contributed by atoms with Gasteiger partial charge in [0.15, 0.2) is 0 Å². The van der Waals surface area contributed by atoms with Crippen molar-refractivity contribution in [3.8, 4) is 16.9 Å². The molecular weight excluding hydrogens is 564 g/mol. The Kier molecular flexibility index (Phi) is 8.47. The van der Waals surface area contributed by atoms with Crippen LogP contribution in [0.2, 0.25) is 0 Å². The summed E-state index contributed by atoms with van der Waals surface area (Å²) in [5.41, 5.74) is 1.14. The summed E-state index contributed by atoms with van der Waals surface area (Å²) in [4.78, 5) is 56.6. The number of carbonyl (C=O) groups excluding carboxylic acids is 4. The number of rotatable bonds is 10. The minimum atomic E-state index is -1.09. The van der Waals surface area contributed by atoms with Crippen LogP contribution >= 0.6 is 11.3 Å². The molecular formula is C34H38N2O6S. The van der Waals surface area contributed by atoms with Gasteiger partial charge >= 0.3 is 5.97 Å². The van der Waals surface area contributed by atoms with Crippen molar-refractivity contribution in [3.05, 3.63) is 71.1 Å². The van der Waals surface area contributed by atoms with E-state index < -0.39 is 28.7 Å². The Labute approximate surface area is 256 Å². The van der Waals surface area contributed by atoms with E-state index in [4.69, 9.17) is 9.47 Å². The zero-order chi connectivity index (χ0) is 30.9. The highest BCUT2D eigenvalue weighted by Gasteiger charge is 2.65. The molecule has 1 aliphatic carbocycles. The Morgan fingerprint density at radius 3 is 2.37 bits per heavy atom. The van der Waals surface area contributed by atoms with Gasteiger partial charge in [0.05, 0.1) is 18.6 Å². The number of amides is 3. The molecule has 3 unspecified atom stereocenters. The van der Waals surface area contributed by atoms with Crippen LogP contribution in [0.3, 0.4) is 0 Å². The number of likely N-dealkylation sites (tertiary alicyclic amines) is 1. The molecule has 3 atom stereocenters. The summed E-state index contributed by atoms with van der Waals surface area (Å²) >= 11 is 1.20. The topological polar surface area (TPSA) is 102 Å². The van der Waals surface area contributed by atoms with Crippen molar-refractivity contribution in [2.45, 2.75) is 59.9 Å². The molecule has 0 spiro atoms. The zero-order valence-corrected chi connectivity index (χ0v) is 26.1. The molecule has 3 aromatic rings. The summed E-state index contributed by atoms with van der Waals surface area (Å²) < 4.78 is 10.9. The van der Waals surface area contributed by atoms with Gasteiger partial charge in [-0.15, -0.1) is 11.3 Å². The molecule has 43 heavy (non-hydrogen) atoms. The zero-order valence-electron chi connectivity index (χ0n) is 25.3. The number of hydrogen-bond acceptors (Lipinski definition) is 7. The second-order valence-electron chi connectivity index (χ2n) is 11.9. The van der Waals surface area contributed by atoms with E-state index >= 15 is 0 Å². The molecule has 1 saturated carbocycles. The standard InChI is InChI=1S/C34H38N2O6S/c1-6-41-23-15-13-22(14-16-23)24-20-43-29(27(24)31(39)42-7-2)35-28(37)26(19-21-11-9-8-10-12-21)36-30(38)25-17-18-34(5,32(36)40)33(25,3)4/h8-16,20,25-26H,6-7,17-19H2,1-5H3,(H,35,37). The lowest BCUT2D eigenvalue weighted by Gasteiger charge is -2.49.